The topological polar surface area (TPSA) is 90.1 Å². The van der Waals surface area contributed by atoms with Crippen molar-refractivity contribution in [2.75, 3.05) is 0 Å². The van der Waals surface area contributed by atoms with Crippen molar-refractivity contribution in [3.8, 4) is 5.75 Å². The number of pyridine rings is 1. The smallest absolute Gasteiger partial charge is 0.226 e. The lowest BCUT2D eigenvalue weighted by Crippen LogP contribution is -2.26. The molecule has 2 aromatic heterocycles. The molecule has 164 valence electrons. The number of carbonyl (C=O) groups is 1. The van der Waals surface area contributed by atoms with Crippen molar-refractivity contribution in [3.05, 3.63) is 71.6 Å². The molecule has 7 heteroatoms. The normalized spacial score (nSPS) is 12.4. The molecular weight excluding hydrogens is 392 g/mol. The lowest BCUT2D eigenvalue weighted by Gasteiger charge is -2.15. The van der Waals surface area contributed by atoms with E-state index in [1.165, 1.54) is 0 Å². The number of nitrogens with one attached hydrogen (secondary N) is 1. The van der Waals surface area contributed by atoms with Crippen LogP contribution in [0.25, 0.3) is 0 Å². The summed E-state index contributed by atoms with van der Waals surface area (Å²) in [5.74, 6) is 1.99. The second-order valence-electron chi connectivity index (χ2n) is 8.59. The average Bonchev–Trinajstić information content (AvgIpc) is 3.23. The number of rotatable bonds is 9. The Kier molecular flexibility index (Phi) is 7.39. The fourth-order valence-electron chi connectivity index (χ4n) is 2.97. The van der Waals surface area contributed by atoms with Gasteiger partial charge in [0.1, 0.15) is 12.4 Å². The van der Waals surface area contributed by atoms with Crippen molar-refractivity contribution >= 4 is 5.91 Å². The molecule has 3 rings (SSSR count). The molecule has 1 aromatic carbocycles. The van der Waals surface area contributed by atoms with E-state index in [4.69, 9.17) is 9.26 Å². The molecule has 0 saturated heterocycles. The van der Waals surface area contributed by atoms with Gasteiger partial charge in [0.05, 0.1) is 11.7 Å². The Hall–Kier alpha value is -3.22. The second kappa shape index (κ2) is 10.2. The van der Waals surface area contributed by atoms with Crippen molar-refractivity contribution in [1.29, 1.82) is 0 Å². The summed E-state index contributed by atoms with van der Waals surface area (Å²) in [5, 5.41) is 7.05. The molecular formula is C24H30N4O3. The number of hydrogen-bond donors (Lipinski definition) is 1. The molecule has 1 unspecified atom stereocenters. The molecule has 2 heterocycles. The Morgan fingerprint density at radius 1 is 1.19 bits per heavy atom. The SMILES string of the molecule is CC(NC(=O)CCCc1nc(C(C)(C)C)no1)c1cccc(OCc2ccccn2)c1. The van der Waals surface area contributed by atoms with Gasteiger partial charge in [0, 0.05) is 24.5 Å². The summed E-state index contributed by atoms with van der Waals surface area (Å²) >= 11 is 0. The first-order valence-electron chi connectivity index (χ1n) is 10.6. The van der Waals surface area contributed by atoms with Crippen LogP contribution in [-0.2, 0) is 23.2 Å². The first kappa shape index (κ1) is 22.5. The zero-order valence-corrected chi connectivity index (χ0v) is 18.6. The van der Waals surface area contributed by atoms with Crippen LogP contribution in [0.2, 0.25) is 0 Å². The van der Waals surface area contributed by atoms with Crippen LogP contribution < -0.4 is 10.1 Å². The number of nitrogens with zero attached hydrogens (tertiary/aromatic N) is 3. The summed E-state index contributed by atoms with van der Waals surface area (Å²) in [6, 6.07) is 13.4. The maximum Gasteiger partial charge on any atom is 0.226 e. The Morgan fingerprint density at radius 2 is 2.03 bits per heavy atom. The van der Waals surface area contributed by atoms with Crippen molar-refractivity contribution in [1.82, 2.24) is 20.4 Å². The van der Waals surface area contributed by atoms with Crippen molar-refractivity contribution in [3.63, 3.8) is 0 Å². The third-order valence-electron chi connectivity index (χ3n) is 4.78. The summed E-state index contributed by atoms with van der Waals surface area (Å²) < 4.78 is 11.1. The van der Waals surface area contributed by atoms with Gasteiger partial charge in [-0.25, -0.2) is 0 Å². The van der Waals surface area contributed by atoms with Crippen LogP contribution in [0.3, 0.4) is 0 Å². The zero-order chi connectivity index (χ0) is 22.3. The molecule has 0 saturated carbocycles. The highest BCUT2D eigenvalue weighted by molar-refractivity contribution is 5.76. The van der Waals surface area contributed by atoms with E-state index in [2.05, 4.69) is 20.4 Å². The minimum atomic E-state index is -0.148. The lowest BCUT2D eigenvalue weighted by molar-refractivity contribution is -0.121. The first-order chi connectivity index (χ1) is 14.8. The van der Waals surface area contributed by atoms with E-state index >= 15 is 0 Å². The number of aryl methyl sites for hydroxylation is 1. The fourth-order valence-corrected chi connectivity index (χ4v) is 2.97. The zero-order valence-electron chi connectivity index (χ0n) is 18.6. The molecule has 1 N–H and O–H groups in total. The monoisotopic (exact) mass is 422 g/mol. The van der Waals surface area contributed by atoms with E-state index in [-0.39, 0.29) is 17.4 Å². The fraction of sp³-hybridized carbons (Fsp3) is 0.417. The third-order valence-corrected chi connectivity index (χ3v) is 4.78. The first-order valence-corrected chi connectivity index (χ1v) is 10.6. The molecule has 0 radical (unpaired) electrons. The van der Waals surface area contributed by atoms with Crippen LogP contribution in [0.4, 0.5) is 0 Å². The number of amides is 1. The quantitative estimate of drug-likeness (QED) is 0.544. The molecule has 0 bridgehead atoms. The summed E-state index contributed by atoms with van der Waals surface area (Å²) in [7, 11) is 0. The highest BCUT2D eigenvalue weighted by Gasteiger charge is 2.21. The molecule has 0 aliphatic rings. The van der Waals surface area contributed by atoms with Gasteiger partial charge in [-0.2, -0.15) is 4.98 Å². The summed E-state index contributed by atoms with van der Waals surface area (Å²) in [4.78, 5) is 21.0. The van der Waals surface area contributed by atoms with Crippen molar-refractivity contribution in [2.24, 2.45) is 0 Å². The number of hydrogen-bond acceptors (Lipinski definition) is 6. The molecule has 0 fully saturated rings. The number of benzene rings is 1. The molecule has 0 aliphatic carbocycles. The molecule has 31 heavy (non-hydrogen) atoms. The van der Waals surface area contributed by atoms with Crippen LogP contribution in [0.5, 0.6) is 5.75 Å². The van der Waals surface area contributed by atoms with Gasteiger partial charge in [-0.15, -0.1) is 0 Å². The van der Waals surface area contributed by atoms with Gasteiger partial charge in [0.2, 0.25) is 11.8 Å². The Bertz CT molecular complexity index is 980. The predicted octanol–water partition coefficient (Wildman–Crippen LogP) is 4.54. The third kappa shape index (κ3) is 6.91. The van der Waals surface area contributed by atoms with Gasteiger partial charge in [-0.3, -0.25) is 9.78 Å². The molecule has 7 nitrogen and oxygen atoms in total. The predicted molar refractivity (Wildman–Crippen MR) is 118 cm³/mol. The van der Waals surface area contributed by atoms with E-state index in [9.17, 15) is 4.79 Å². The molecule has 1 amide bonds. The van der Waals surface area contributed by atoms with Crippen LogP contribution in [0.1, 0.15) is 69.6 Å². The highest BCUT2D eigenvalue weighted by Crippen LogP contribution is 2.21. The standard InChI is InChI=1S/C24H30N4O3/c1-17(18-9-7-11-20(15-18)30-16-19-10-5-6-14-25-19)26-21(29)12-8-13-22-27-23(28-31-22)24(2,3)4/h5-7,9-11,14-15,17H,8,12-13,16H2,1-4H3,(H,26,29). The molecule has 0 spiro atoms. The van der Waals surface area contributed by atoms with Crippen molar-refractivity contribution < 1.29 is 14.1 Å². The van der Waals surface area contributed by atoms with E-state index in [0.717, 1.165) is 17.0 Å². The van der Waals surface area contributed by atoms with Crippen LogP contribution >= 0.6 is 0 Å². The summed E-state index contributed by atoms with van der Waals surface area (Å²) in [6.45, 7) is 8.47. The molecule has 1 atom stereocenters. The maximum atomic E-state index is 12.4. The largest absolute Gasteiger partial charge is 0.487 e. The van der Waals surface area contributed by atoms with E-state index in [1.54, 1.807) is 6.20 Å². The van der Waals surface area contributed by atoms with Crippen LogP contribution in [-0.4, -0.2) is 21.0 Å². The van der Waals surface area contributed by atoms with Gasteiger partial charge < -0.3 is 14.6 Å². The average molecular weight is 423 g/mol. The molecule has 0 aliphatic heterocycles. The number of ether oxygens (including phenoxy) is 1. The van der Waals surface area contributed by atoms with E-state index in [0.29, 0.717) is 37.6 Å². The van der Waals surface area contributed by atoms with E-state index < -0.39 is 0 Å². The minimum Gasteiger partial charge on any atom is -0.487 e. The lowest BCUT2D eigenvalue weighted by atomic mass is 9.96. The molecule has 3 aromatic rings. The Morgan fingerprint density at radius 3 is 2.74 bits per heavy atom. The van der Waals surface area contributed by atoms with Gasteiger partial charge in [0.15, 0.2) is 5.82 Å². The van der Waals surface area contributed by atoms with Crippen LogP contribution in [0.15, 0.2) is 53.2 Å². The van der Waals surface area contributed by atoms with Crippen molar-refractivity contribution in [2.45, 2.75) is 65.0 Å². The summed E-state index contributed by atoms with van der Waals surface area (Å²) in [5.41, 5.74) is 1.70. The maximum absolute atomic E-state index is 12.4. The Balaban J connectivity index is 1.45. The van der Waals surface area contributed by atoms with Gasteiger partial charge in [-0.1, -0.05) is 44.1 Å². The second-order valence-corrected chi connectivity index (χ2v) is 8.59. The van der Waals surface area contributed by atoms with Gasteiger partial charge >= 0.3 is 0 Å². The summed E-state index contributed by atoms with van der Waals surface area (Å²) in [6.07, 6.45) is 3.38. The number of aromatic nitrogens is 3. The van der Waals surface area contributed by atoms with Crippen LogP contribution in [0, 0.1) is 0 Å². The van der Waals surface area contributed by atoms with E-state index in [1.807, 2.05) is 70.2 Å². The minimum absolute atomic E-state index is 0.0112. The van der Waals surface area contributed by atoms with Gasteiger partial charge in [0.25, 0.3) is 0 Å². The highest BCUT2D eigenvalue weighted by atomic mass is 16.5. The number of carbonyl (C=O) groups excluding carboxylic acids is 1. The van der Waals surface area contributed by atoms with Gasteiger partial charge in [-0.05, 0) is 43.2 Å². The Labute approximate surface area is 183 Å².